The molecular weight excluding hydrogens is 222 g/mol. The summed E-state index contributed by atoms with van der Waals surface area (Å²) in [7, 11) is 0. The van der Waals surface area contributed by atoms with Crippen molar-refractivity contribution in [3.8, 4) is 0 Å². The Balaban J connectivity index is 2.23. The highest BCUT2D eigenvalue weighted by atomic mass is 35.5. The van der Waals surface area contributed by atoms with E-state index in [0.29, 0.717) is 6.04 Å². The van der Waals surface area contributed by atoms with Crippen LogP contribution in [0.1, 0.15) is 43.4 Å². The lowest BCUT2D eigenvalue weighted by Crippen LogP contribution is -2.19. The summed E-state index contributed by atoms with van der Waals surface area (Å²) in [4.78, 5) is 9.01. The van der Waals surface area contributed by atoms with E-state index in [0.717, 1.165) is 17.0 Å². The fourth-order valence-electron chi connectivity index (χ4n) is 2.23. The Morgan fingerprint density at radius 3 is 2.94 bits per heavy atom. The molecule has 1 aliphatic rings. The van der Waals surface area contributed by atoms with Crippen LogP contribution < -0.4 is 0 Å². The van der Waals surface area contributed by atoms with Crippen LogP contribution >= 0.6 is 11.6 Å². The second-order valence-corrected chi connectivity index (χ2v) is 5.04. The highest BCUT2D eigenvalue weighted by Crippen LogP contribution is 2.37. The van der Waals surface area contributed by atoms with E-state index in [1.54, 1.807) is 0 Å². The fraction of sp³-hybridized carbons (Fsp3) is 0.500. The van der Waals surface area contributed by atoms with Crippen molar-refractivity contribution in [1.82, 2.24) is 14.5 Å². The molecule has 1 fully saturated rings. The number of alkyl halides is 1. The van der Waals surface area contributed by atoms with Crippen LogP contribution in [0.25, 0.3) is 11.2 Å². The molecule has 2 aromatic rings. The van der Waals surface area contributed by atoms with Crippen LogP contribution in [0.5, 0.6) is 0 Å². The zero-order valence-corrected chi connectivity index (χ0v) is 9.98. The van der Waals surface area contributed by atoms with E-state index < -0.39 is 0 Å². The highest BCUT2D eigenvalue weighted by molar-refractivity contribution is 6.20. The lowest BCUT2D eigenvalue weighted by atomic mass is 9.92. The summed E-state index contributed by atoms with van der Waals surface area (Å²) in [5, 5.41) is -0.0604. The van der Waals surface area contributed by atoms with Crippen molar-refractivity contribution >= 4 is 22.8 Å². The molecule has 0 radical (unpaired) electrons. The molecule has 3 nitrogen and oxygen atoms in total. The van der Waals surface area contributed by atoms with Crippen LogP contribution in [-0.2, 0) is 0 Å². The van der Waals surface area contributed by atoms with Crippen molar-refractivity contribution in [3.05, 3.63) is 24.2 Å². The van der Waals surface area contributed by atoms with Crippen LogP contribution in [0.4, 0.5) is 0 Å². The standard InChI is InChI=1S/C12H14ClN3/c1-8(13)11-15-10-6-3-7-14-12(10)16(11)9-4-2-5-9/h3,6-9H,2,4-5H2,1H3. The highest BCUT2D eigenvalue weighted by Gasteiger charge is 2.26. The predicted octanol–water partition coefficient (Wildman–Crippen LogP) is 3.46. The smallest absolute Gasteiger partial charge is 0.160 e. The summed E-state index contributed by atoms with van der Waals surface area (Å²) in [6.45, 7) is 1.97. The summed E-state index contributed by atoms with van der Waals surface area (Å²) in [6.07, 6.45) is 5.56. The van der Waals surface area contributed by atoms with Gasteiger partial charge in [0, 0.05) is 12.2 Å². The second-order valence-electron chi connectivity index (χ2n) is 4.39. The molecule has 1 aliphatic carbocycles. The van der Waals surface area contributed by atoms with Crippen LogP contribution in [0.3, 0.4) is 0 Å². The van der Waals surface area contributed by atoms with Gasteiger partial charge in [0.1, 0.15) is 11.3 Å². The van der Waals surface area contributed by atoms with Gasteiger partial charge in [0.15, 0.2) is 5.65 Å². The number of hydrogen-bond donors (Lipinski definition) is 0. The van der Waals surface area contributed by atoms with Crippen LogP contribution in [-0.4, -0.2) is 14.5 Å². The van der Waals surface area contributed by atoms with Gasteiger partial charge >= 0.3 is 0 Å². The van der Waals surface area contributed by atoms with Crippen molar-refractivity contribution in [2.24, 2.45) is 0 Å². The summed E-state index contributed by atoms with van der Waals surface area (Å²) in [5.41, 5.74) is 1.94. The van der Waals surface area contributed by atoms with E-state index in [2.05, 4.69) is 14.5 Å². The molecular formula is C12H14ClN3. The van der Waals surface area contributed by atoms with E-state index >= 15 is 0 Å². The Morgan fingerprint density at radius 1 is 1.50 bits per heavy atom. The number of fused-ring (bicyclic) bond motifs is 1. The molecule has 0 N–H and O–H groups in total. The monoisotopic (exact) mass is 235 g/mol. The molecule has 1 atom stereocenters. The number of hydrogen-bond acceptors (Lipinski definition) is 2. The third-order valence-electron chi connectivity index (χ3n) is 3.27. The lowest BCUT2D eigenvalue weighted by molar-refractivity contribution is 0.312. The first kappa shape index (κ1) is 10.1. The Labute approximate surface area is 99.5 Å². The lowest BCUT2D eigenvalue weighted by Gasteiger charge is -2.29. The first-order chi connectivity index (χ1) is 7.77. The molecule has 3 rings (SSSR count). The van der Waals surface area contributed by atoms with Crippen LogP contribution in [0.2, 0.25) is 0 Å². The topological polar surface area (TPSA) is 30.7 Å². The summed E-state index contributed by atoms with van der Waals surface area (Å²) in [5.74, 6) is 0.958. The minimum atomic E-state index is -0.0604. The predicted molar refractivity (Wildman–Crippen MR) is 64.7 cm³/mol. The fourth-order valence-corrected chi connectivity index (χ4v) is 2.39. The molecule has 0 amide bonds. The molecule has 0 saturated heterocycles. The molecule has 1 saturated carbocycles. The number of nitrogens with zero attached hydrogens (tertiary/aromatic N) is 3. The van der Waals surface area contributed by atoms with Gasteiger partial charge in [0.2, 0.25) is 0 Å². The minimum Gasteiger partial charge on any atom is -0.308 e. The van der Waals surface area contributed by atoms with Gasteiger partial charge in [0.25, 0.3) is 0 Å². The van der Waals surface area contributed by atoms with Crippen LogP contribution in [0.15, 0.2) is 18.3 Å². The summed E-state index contributed by atoms with van der Waals surface area (Å²) >= 11 is 6.19. The maximum Gasteiger partial charge on any atom is 0.160 e. The van der Waals surface area contributed by atoms with E-state index in [1.807, 2.05) is 25.3 Å². The average Bonchev–Trinajstić information content (AvgIpc) is 2.56. The van der Waals surface area contributed by atoms with Gasteiger partial charge in [-0.15, -0.1) is 11.6 Å². The third-order valence-corrected chi connectivity index (χ3v) is 3.47. The minimum absolute atomic E-state index is 0.0604. The SMILES string of the molecule is CC(Cl)c1nc2cccnc2n1C1CCC1. The van der Waals surface area contributed by atoms with E-state index in [1.165, 1.54) is 19.3 Å². The number of aromatic nitrogens is 3. The Bertz CT molecular complexity index is 514. The van der Waals surface area contributed by atoms with Gasteiger partial charge in [-0.1, -0.05) is 0 Å². The van der Waals surface area contributed by atoms with E-state index in [4.69, 9.17) is 11.6 Å². The molecule has 0 spiro atoms. The third kappa shape index (κ3) is 1.42. The molecule has 0 bridgehead atoms. The Hall–Kier alpha value is -1.09. The number of rotatable bonds is 2. The Morgan fingerprint density at radius 2 is 2.31 bits per heavy atom. The molecule has 84 valence electrons. The average molecular weight is 236 g/mol. The van der Waals surface area contributed by atoms with Gasteiger partial charge in [-0.2, -0.15) is 0 Å². The van der Waals surface area contributed by atoms with Gasteiger partial charge in [-0.05, 0) is 38.3 Å². The van der Waals surface area contributed by atoms with Crippen molar-refractivity contribution < 1.29 is 0 Å². The largest absolute Gasteiger partial charge is 0.308 e. The molecule has 1 unspecified atom stereocenters. The zero-order chi connectivity index (χ0) is 11.1. The first-order valence-electron chi connectivity index (χ1n) is 5.74. The first-order valence-corrected chi connectivity index (χ1v) is 6.18. The number of halogens is 1. The quantitative estimate of drug-likeness (QED) is 0.747. The number of imidazole rings is 1. The molecule has 4 heteroatoms. The van der Waals surface area contributed by atoms with Crippen molar-refractivity contribution in [1.29, 1.82) is 0 Å². The maximum absolute atomic E-state index is 6.19. The molecule has 2 aromatic heterocycles. The van der Waals surface area contributed by atoms with E-state index in [9.17, 15) is 0 Å². The molecule has 0 aliphatic heterocycles. The van der Waals surface area contributed by atoms with Gasteiger partial charge in [0.05, 0.1) is 5.38 Å². The zero-order valence-electron chi connectivity index (χ0n) is 9.23. The van der Waals surface area contributed by atoms with Crippen molar-refractivity contribution in [2.75, 3.05) is 0 Å². The number of pyridine rings is 1. The van der Waals surface area contributed by atoms with Crippen molar-refractivity contribution in [3.63, 3.8) is 0 Å². The van der Waals surface area contributed by atoms with Gasteiger partial charge in [-0.3, -0.25) is 0 Å². The molecule has 0 aromatic carbocycles. The van der Waals surface area contributed by atoms with E-state index in [-0.39, 0.29) is 5.38 Å². The maximum atomic E-state index is 6.19. The van der Waals surface area contributed by atoms with Gasteiger partial charge in [-0.25, -0.2) is 9.97 Å². The summed E-state index contributed by atoms with van der Waals surface area (Å²) in [6, 6.07) is 4.47. The normalized spacial score (nSPS) is 18.6. The Kier molecular flexibility index (Phi) is 2.36. The van der Waals surface area contributed by atoms with Gasteiger partial charge < -0.3 is 4.57 Å². The second kappa shape index (κ2) is 3.74. The summed E-state index contributed by atoms with van der Waals surface area (Å²) < 4.78 is 2.23. The van der Waals surface area contributed by atoms with Crippen molar-refractivity contribution in [2.45, 2.75) is 37.6 Å². The molecule has 16 heavy (non-hydrogen) atoms. The molecule has 2 heterocycles. The van der Waals surface area contributed by atoms with Crippen LogP contribution in [0, 0.1) is 0 Å².